The van der Waals surface area contributed by atoms with Crippen molar-refractivity contribution in [2.45, 2.75) is 6.92 Å². The number of hydrogen-bond donors (Lipinski definition) is 1. The molecule has 2 heterocycles. The Morgan fingerprint density at radius 1 is 0.902 bits per heavy atom. The molecule has 0 atom stereocenters. The molecule has 9 nitrogen and oxygen atoms in total. The minimum Gasteiger partial charge on any atom is -0.484 e. The molecule has 5 rings (SSSR count). The van der Waals surface area contributed by atoms with Crippen molar-refractivity contribution < 1.29 is 23.9 Å². The number of anilines is 2. The van der Waals surface area contributed by atoms with Crippen molar-refractivity contribution in [3.63, 3.8) is 0 Å². The van der Waals surface area contributed by atoms with Crippen molar-refractivity contribution in [3.8, 4) is 5.75 Å². The van der Waals surface area contributed by atoms with Gasteiger partial charge in [-0.1, -0.05) is 48.5 Å². The first kappa shape index (κ1) is 28.0. The lowest BCUT2D eigenvalue weighted by atomic mass is 10.2. The molecule has 0 unspecified atom stereocenters. The van der Waals surface area contributed by atoms with E-state index in [2.05, 4.69) is 10.2 Å². The Balaban J connectivity index is 1.11. The van der Waals surface area contributed by atoms with E-state index in [0.29, 0.717) is 37.5 Å². The highest BCUT2D eigenvalue weighted by Gasteiger charge is 2.37. The number of carbonyl (C=O) groups is 4. The molecule has 2 saturated heterocycles. The van der Waals surface area contributed by atoms with Gasteiger partial charge in [-0.25, -0.2) is 0 Å². The summed E-state index contributed by atoms with van der Waals surface area (Å²) in [6, 6.07) is 24.4. The van der Waals surface area contributed by atoms with Gasteiger partial charge < -0.3 is 19.9 Å². The summed E-state index contributed by atoms with van der Waals surface area (Å²) in [6.45, 7) is 3.93. The Morgan fingerprint density at radius 3 is 2.29 bits per heavy atom. The molecular formula is C31H30N4O5S. The van der Waals surface area contributed by atoms with Gasteiger partial charge in [0.1, 0.15) is 12.3 Å². The summed E-state index contributed by atoms with van der Waals surface area (Å²) in [7, 11) is 0. The van der Waals surface area contributed by atoms with Crippen LogP contribution in [0.15, 0.2) is 83.8 Å². The molecule has 3 aromatic carbocycles. The fourth-order valence-corrected chi connectivity index (χ4v) is 5.42. The molecule has 0 aromatic heterocycles. The van der Waals surface area contributed by atoms with E-state index in [1.165, 1.54) is 0 Å². The lowest BCUT2D eigenvalue weighted by molar-refractivity contribution is -0.136. The largest absolute Gasteiger partial charge is 0.484 e. The molecule has 0 saturated carbocycles. The van der Waals surface area contributed by atoms with Crippen LogP contribution in [0.1, 0.15) is 11.1 Å². The number of benzene rings is 3. The Morgan fingerprint density at radius 2 is 1.59 bits per heavy atom. The van der Waals surface area contributed by atoms with Crippen molar-refractivity contribution in [2.75, 3.05) is 49.5 Å². The topological polar surface area (TPSA) is 99.3 Å². The number of ether oxygens (including phenoxy) is 1. The number of imide groups is 1. The number of hydrogen-bond acceptors (Lipinski definition) is 7. The molecule has 2 fully saturated rings. The van der Waals surface area contributed by atoms with Crippen LogP contribution in [0.3, 0.4) is 0 Å². The number of nitrogens with zero attached hydrogens (tertiary/aromatic N) is 3. The Bertz CT molecular complexity index is 1470. The SMILES string of the molecule is Cc1ccccc1NC(=O)COc1ccc(/C=C2\SC(=O)N(CC(=O)N3CCN(c4ccccc4)CC3)C2=O)cc1. The smallest absolute Gasteiger partial charge is 0.294 e. The monoisotopic (exact) mass is 570 g/mol. The van der Waals surface area contributed by atoms with Gasteiger partial charge in [-0.2, -0.15) is 0 Å². The zero-order valence-electron chi connectivity index (χ0n) is 22.6. The average molecular weight is 571 g/mol. The summed E-state index contributed by atoms with van der Waals surface area (Å²) in [6.07, 6.45) is 1.61. The van der Waals surface area contributed by atoms with E-state index >= 15 is 0 Å². The number of thioether (sulfide) groups is 1. The summed E-state index contributed by atoms with van der Waals surface area (Å²) in [5.41, 5.74) is 3.49. The zero-order chi connectivity index (χ0) is 28.8. The molecule has 10 heteroatoms. The molecule has 0 bridgehead atoms. The first-order valence-electron chi connectivity index (χ1n) is 13.3. The molecule has 0 aliphatic carbocycles. The van der Waals surface area contributed by atoms with Crippen molar-refractivity contribution in [1.29, 1.82) is 0 Å². The van der Waals surface area contributed by atoms with Crippen molar-refractivity contribution in [1.82, 2.24) is 9.80 Å². The number of carbonyl (C=O) groups excluding carboxylic acids is 4. The maximum atomic E-state index is 13.0. The first-order valence-corrected chi connectivity index (χ1v) is 14.1. The van der Waals surface area contributed by atoms with Crippen LogP contribution >= 0.6 is 11.8 Å². The van der Waals surface area contributed by atoms with Gasteiger partial charge in [0.05, 0.1) is 4.91 Å². The van der Waals surface area contributed by atoms with Gasteiger partial charge >= 0.3 is 0 Å². The van der Waals surface area contributed by atoms with Crippen LogP contribution in [-0.4, -0.2) is 72.1 Å². The molecule has 2 aliphatic rings. The van der Waals surface area contributed by atoms with E-state index in [-0.39, 0.29) is 29.9 Å². The van der Waals surface area contributed by atoms with Crippen LogP contribution in [0.25, 0.3) is 6.08 Å². The van der Waals surface area contributed by atoms with Crippen LogP contribution < -0.4 is 15.0 Å². The minimum atomic E-state index is -0.482. The standard InChI is InChI=1S/C31H30N4O5S/c1-22-7-5-6-10-26(22)32-28(36)21-40-25-13-11-23(12-14-25)19-27-30(38)35(31(39)41-27)20-29(37)34-17-15-33(16-18-34)24-8-3-2-4-9-24/h2-14,19H,15-18,20-21H2,1H3,(H,32,36)/b27-19-. The third-order valence-corrected chi connectivity index (χ3v) is 7.80. The van der Waals surface area contributed by atoms with Crippen LogP contribution in [-0.2, 0) is 14.4 Å². The summed E-state index contributed by atoms with van der Waals surface area (Å²) >= 11 is 0.819. The Hall–Kier alpha value is -4.57. The van der Waals surface area contributed by atoms with Crippen LogP contribution in [0.2, 0.25) is 0 Å². The lowest BCUT2D eigenvalue weighted by Crippen LogP contribution is -2.51. The molecule has 1 N–H and O–H groups in total. The first-order chi connectivity index (χ1) is 19.9. The Labute approximate surface area is 242 Å². The fraction of sp³-hybridized carbons (Fsp3) is 0.226. The van der Waals surface area contributed by atoms with Crippen LogP contribution in [0, 0.1) is 6.92 Å². The summed E-state index contributed by atoms with van der Waals surface area (Å²) in [5, 5.41) is 2.36. The third kappa shape index (κ3) is 6.96. The second-order valence-corrected chi connectivity index (χ2v) is 10.7. The second kappa shape index (κ2) is 12.7. The molecule has 0 radical (unpaired) electrons. The maximum Gasteiger partial charge on any atom is 0.294 e. The van der Waals surface area contributed by atoms with E-state index in [1.807, 2.05) is 61.5 Å². The Kier molecular flexibility index (Phi) is 8.69. The quantitative estimate of drug-likeness (QED) is 0.401. The molecule has 210 valence electrons. The van der Waals surface area contributed by atoms with E-state index in [1.54, 1.807) is 35.2 Å². The minimum absolute atomic E-state index is 0.151. The molecule has 4 amide bonds. The van der Waals surface area contributed by atoms with Gasteiger partial charge in [-0.05, 0) is 66.2 Å². The van der Waals surface area contributed by atoms with Gasteiger partial charge in [0.2, 0.25) is 5.91 Å². The molecule has 2 aliphatic heterocycles. The maximum absolute atomic E-state index is 13.0. The third-order valence-electron chi connectivity index (χ3n) is 6.89. The summed E-state index contributed by atoms with van der Waals surface area (Å²) < 4.78 is 5.58. The number of piperazine rings is 1. The lowest BCUT2D eigenvalue weighted by Gasteiger charge is -2.36. The van der Waals surface area contributed by atoms with Gasteiger partial charge in [0, 0.05) is 37.6 Å². The number of amides is 4. The molecule has 0 spiro atoms. The molecule has 41 heavy (non-hydrogen) atoms. The zero-order valence-corrected chi connectivity index (χ0v) is 23.4. The number of rotatable bonds is 8. The number of para-hydroxylation sites is 2. The van der Waals surface area contributed by atoms with Gasteiger partial charge in [0.25, 0.3) is 17.1 Å². The van der Waals surface area contributed by atoms with E-state index in [9.17, 15) is 19.2 Å². The summed E-state index contributed by atoms with van der Waals surface area (Å²) in [4.78, 5) is 55.9. The van der Waals surface area contributed by atoms with Crippen molar-refractivity contribution in [3.05, 3.63) is 94.9 Å². The number of aryl methyl sites for hydroxylation is 1. The van der Waals surface area contributed by atoms with Crippen molar-refractivity contribution in [2.24, 2.45) is 0 Å². The predicted octanol–water partition coefficient (Wildman–Crippen LogP) is 4.40. The fourth-order valence-electron chi connectivity index (χ4n) is 4.58. The highest BCUT2D eigenvalue weighted by Crippen LogP contribution is 2.32. The van der Waals surface area contributed by atoms with Crippen molar-refractivity contribution >= 4 is 52.2 Å². The number of nitrogens with one attached hydrogen (secondary N) is 1. The van der Waals surface area contributed by atoms with E-state index in [4.69, 9.17) is 4.74 Å². The van der Waals surface area contributed by atoms with Crippen LogP contribution in [0.5, 0.6) is 5.75 Å². The van der Waals surface area contributed by atoms with Gasteiger partial charge in [-0.15, -0.1) is 0 Å². The predicted molar refractivity (Wildman–Crippen MR) is 160 cm³/mol. The highest BCUT2D eigenvalue weighted by molar-refractivity contribution is 8.18. The molecule has 3 aromatic rings. The summed E-state index contributed by atoms with van der Waals surface area (Å²) in [5.74, 6) is -0.503. The van der Waals surface area contributed by atoms with E-state index in [0.717, 1.165) is 33.6 Å². The van der Waals surface area contributed by atoms with Gasteiger partial charge in [-0.3, -0.25) is 24.1 Å². The normalized spacial score (nSPS) is 16.3. The van der Waals surface area contributed by atoms with E-state index < -0.39 is 11.1 Å². The van der Waals surface area contributed by atoms with Gasteiger partial charge in [0.15, 0.2) is 6.61 Å². The average Bonchev–Trinajstić information content (AvgIpc) is 3.25. The highest BCUT2D eigenvalue weighted by atomic mass is 32.2. The molecular weight excluding hydrogens is 540 g/mol. The second-order valence-electron chi connectivity index (χ2n) is 9.69. The van der Waals surface area contributed by atoms with Crippen LogP contribution in [0.4, 0.5) is 16.2 Å².